The Hall–Kier alpha value is -3.56. The zero-order valence-electron chi connectivity index (χ0n) is 17.8. The van der Waals surface area contributed by atoms with Crippen molar-refractivity contribution >= 4 is 33.5 Å². The first-order valence-electron chi connectivity index (χ1n) is 10.0. The lowest BCUT2D eigenvalue weighted by atomic mass is 10.0. The van der Waals surface area contributed by atoms with Crippen LogP contribution in [-0.2, 0) is 6.61 Å². The van der Waals surface area contributed by atoms with Crippen LogP contribution < -0.4 is 9.47 Å². The number of nitriles is 1. The topological polar surface area (TPSA) is 79.5 Å². The molecular weight excluding hydrogens is 470 g/mol. The molecule has 3 rings (SSSR count). The van der Waals surface area contributed by atoms with E-state index in [-0.39, 0.29) is 12.2 Å². The Balaban J connectivity index is 1.87. The maximum absolute atomic E-state index is 11.0. The summed E-state index contributed by atoms with van der Waals surface area (Å²) in [5.74, 6) is 0.126. The molecule has 0 saturated carbocycles. The number of carboxylic acid groups (broad SMARTS) is 1. The SMILES string of the molecule is CCOc1cc(/C=C(\C#N)c2ccc(C)cc2)cc(Br)c1OCc1ccc(C(=O)O)cc1. The molecule has 0 heterocycles. The van der Waals surface area contributed by atoms with Crippen molar-refractivity contribution < 1.29 is 19.4 Å². The second-order valence-electron chi connectivity index (χ2n) is 7.09. The van der Waals surface area contributed by atoms with Crippen molar-refractivity contribution in [3.63, 3.8) is 0 Å². The van der Waals surface area contributed by atoms with Crippen molar-refractivity contribution in [1.29, 1.82) is 5.26 Å². The van der Waals surface area contributed by atoms with E-state index in [4.69, 9.17) is 14.6 Å². The van der Waals surface area contributed by atoms with Crippen LogP contribution in [0.2, 0.25) is 0 Å². The van der Waals surface area contributed by atoms with Gasteiger partial charge in [0.2, 0.25) is 0 Å². The average Bonchev–Trinajstić information content (AvgIpc) is 2.78. The molecule has 0 saturated heterocycles. The minimum atomic E-state index is -0.968. The molecule has 0 fully saturated rings. The molecule has 0 bridgehead atoms. The molecule has 0 atom stereocenters. The molecule has 0 radical (unpaired) electrons. The first kappa shape index (κ1) is 23.1. The lowest BCUT2D eigenvalue weighted by Gasteiger charge is -2.15. The summed E-state index contributed by atoms with van der Waals surface area (Å²) in [5, 5.41) is 18.7. The minimum Gasteiger partial charge on any atom is -0.490 e. The number of ether oxygens (including phenoxy) is 2. The Bertz CT molecular complexity index is 1180. The van der Waals surface area contributed by atoms with Gasteiger partial charge in [-0.15, -0.1) is 0 Å². The van der Waals surface area contributed by atoms with Crippen molar-refractivity contribution in [1.82, 2.24) is 0 Å². The summed E-state index contributed by atoms with van der Waals surface area (Å²) in [7, 11) is 0. The number of aromatic carboxylic acids is 1. The third-order valence-corrected chi connectivity index (χ3v) is 5.30. The van der Waals surface area contributed by atoms with E-state index in [1.165, 1.54) is 0 Å². The van der Waals surface area contributed by atoms with Crippen molar-refractivity contribution in [2.75, 3.05) is 6.61 Å². The van der Waals surface area contributed by atoms with Gasteiger partial charge in [-0.1, -0.05) is 42.0 Å². The molecule has 0 unspecified atom stereocenters. The van der Waals surface area contributed by atoms with Gasteiger partial charge < -0.3 is 14.6 Å². The van der Waals surface area contributed by atoms with E-state index in [9.17, 15) is 10.1 Å². The van der Waals surface area contributed by atoms with Crippen LogP contribution in [0.3, 0.4) is 0 Å². The summed E-state index contributed by atoms with van der Waals surface area (Å²) < 4.78 is 12.5. The summed E-state index contributed by atoms with van der Waals surface area (Å²) in [4.78, 5) is 11.0. The predicted molar refractivity (Wildman–Crippen MR) is 128 cm³/mol. The van der Waals surface area contributed by atoms with Gasteiger partial charge in [0.15, 0.2) is 11.5 Å². The molecule has 3 aromatic carbocycles. The van der Waals surface area contributed by atoms with Crippen LogP contribution in [0.25, 0.3) is 11.6 Å². The number of aryl methyl sites for hydroxylation is 1. The Morgan fingerprint density at radius 3 is 2.31 bits per heavy atom. The number of halogens is 1. The molecule has 5 nitrogen and oxygen atoms in total. The van der Waals surface area contributed by atoms with Gasteiger partial charge in [-0.05, 0) is 76.8 Å². The summed E-state index contributed by atoms with van der Waals surface area (Å²) >= 11 is 3.55. The number of nitrogens with zero attached hydrogens (tertiary/aromatic N) is 1. The standard InChI is InChI=1S/C26H22BrNO4/c1-3-31-24-14-19(12-22(15-28)20-8-4-17(2)5-9-20)13-23(27)25(24)32-16-18-6-10-21(11-7-18)26(29)30/h4-14H,3,16H2,1-2H3,(H,29,30)/b22-12+. The largest absolute Gasteiger partial charge is 0.490 e. The highest BCUT2D eigenvalue weighted by Crippen LogP contribution is 2.38. The van der Waals surface area contributed by atoms with Gasteiger partial charge in [0, 0.05) is 0 Å². The van der Waals surface area contributed by atoms with Crippen LogP contribution in [0.1, 0.15) is 39.5 Å². The van der Waals surface area contributed by atoms with Crippen LogP contribution >= 0.6 is 15.9 Å². The number of rotatable bonds is 8. The molecule has 32 heavy (non-hydrogen) atoms. The van der Waals surface area contributed by atoms with Gasteiger partial charge in [0.05, 0.1) is 28.3 Å². The molecule has 162 valence electrons. The second kappa shape index (κ2) is 10.7. The molecule has 1 N–H and O–H groups in total. The van der Waals surface area contributed by atoms with Crippen LogP contribution in [0.5, 0.6) is 11.5 Å². The fraction of sp³-hybridized carbons (Fsp3) is 0.154. The quantitative estimate of drug-likeness (QED) is 0.287. The number of benzene rings is 3. The van der Waals surface area contributed by atoms with E-state index in [0.29, 0.717) is 28.2 Å². The number of hydrogen-bond donors (Lipinski definition) is 1. The first-order valence-corrected chi connectivity index (χ1v) is 10.8. The smallest absolute Gasteiger partial charge is 0.335 e. The molecule has 0 aromatic heterocycles. The van der Waals surface area contributed by atoms with Crippen molar-refractivity contribution in [3.05, 3.63) is 93.0 Å². The highest BCUT2D eigenvalue weighted by atomic mass is 79.9. The van der Waals surface area contributed by atoms with Crippen molar-refractivity contribution in [3.8, 4) is 17.6 Å². The second-order valence-corrected chi connectivity index (χ2v) is 7.94. The molecule has 3 aromatic rings. The predicted octanol–water partition coefficient (Wildman–Crippen LogP) is 6.50. The fourth-order valence-electron chi connectivity index (χ4n) is 3.05. The summed E-state index contributed by atoms with van der Waals surface area (Å²) in [6.07, 6.45) is 1.81. The van der Waals surface area contributed by atoms with E-state index in [0.717, 1.165) is 22.3 Å². The van der Waals surface area contributed by atoms with Crippen LogP contribution in [0.15, 0.2) is 65.1 Å². The third kappa shape index (κ3) is 5.77. The summed E-state index contributed by atoms with van der Waals surface area (Å²) in [5.41, 5.74) is 4.38. The maximum Gasteiger partial charge on any atom is 0.335 e. The molecular formula is C26H22BrNO4. The minimum absolute atomic E-state index is 0.225. The van der Waals surface area contributed by atoms with Crippen LogP contribution in [-0.4, -0.2) is 17.7 Å². The molecule has 0 aliphatic carbocycles. The maximum atomic E-state index is 11.0. The van der Waals surface area contributed by atoms with E-state index >= 15 is 0 Å². The van der Waals surface area contributed by atoms with E-state index in [1.54, 1.807) is 24.3 Å². The van der Waals surface area contributed by atoms with Gasteiger partial charge in [0.25, 0.3) is 0 Å². The van der Waals surface area contributed by atoms with Crippen molar-refractivity contribution in [2.24, 2.45) is 0 Å². The molecule has 0 spiro atoms. The van der Waals surface area contributed by atoms with Crippen LogP contribution in [0, 0.1) is 18.3 Å². The molecule has 0 aliphatic heterocycles. The van der Waals surface area contributed by atoms with E-state index in [2.05, 4.69) is 22.0 Å². The molecule has 0 aliphatic rings. The normalized spacial score (nSPS) is 11.0. The molecule has 0 amide bonds. The van der Waals surface area contributed by atoms with Crippen molar-refractivity contribution in [2.45, 2.75) is 20.5 Å². The fourth-order valence-corrected chi connectivity index (χ4v) is 3.63. The Kier molecular flexibility index (Phi) is 7.69. The Labute approximate surface area is 195 Å². The van der Waals surface area contributed by atoms with E-state index < -0.39 is 5.97 Å². The zero-order valence-corrected chi connectivity index (χ0v) is 19.3. The van der Waals surface area contributed by atoms with Crippen LogP contribution in [0.4, 0.5) is 0 Å². The third-order valence-electron chi connectivity index (χ3n) is 4.71. The van der Waals surface area contributed by atoms with Gasteiger partial charge >= 0.3 is 5.97 Å². The number of allylic oxidation sites excluding steroid dienone is 1. The highest BCUT2D eigenvalue weighted by molar-refractivity contribution is 9.10. The van der Waals surface area contributed by atoms with Gasteiger partial charge in [-0.25, -0.2) is 4.79 Å². The summed E-state index contributed by atoms with van der Waals surface area (Å²) in [6, 6.07) is 20.3. The van der Waals surface area contributed by atoms with Gasteiger partial charge in [0.1, 0.15) is 6.61 Å². The van der Waals surface area contributed by atoms with Gasteiger partial charge in [-0.2, -0.15) is 5.26 Å². The number of carbonyl (C=O) groups is 1. The monoisotopic (exact) mass is 491 g/mol. The lowest BCUT2D eigenvalue weighted by Crippen LogP contribution is -2.02. The van der Waals surface area contributed by atoms with Gasteiger partial charge in [-0.3, -0.25) is 0 Å². The zero-order chi connectivity index (χ0) is 23.1. The molecule has 6 heteroatoms. The average molecular weight is 492 g/mol. The first-order chi connectivity index (χ1) is 15.4. The summed E-state index contributed by atoms with van der Waals surface area (Å²) in [6.45, 7) is 4.59. The van der Waals surface area contributed by atoms with E-state index in [1.807, 2.05) is 56.3 Å². The Morgan fingerprint density at radius 1 is 1.06 bits per heavy atom. The highest BCUT2D eigenvalue weighted by Gasteiger charge is 2.13. The Morgan fingerprint density at radius 2 is 1.72 bits per heavy atom. The lowest BCUT2D eigenvalue weighted by molar-refractivity contribution is 0.0697. The number of hydrogen-bond acceptors (Lipinski definition) is 4. The number of carboxylic acids is 1.